The van der Waals surface area contributed by atoms with Crippen molar-refractivity contribution in [3.05, 3.63) is 42.3 Å². The zero-order valence-electron chi connectivity index (χ0n) is 9.14. The van der Waals surface area contributed by atoms with E-state index in [0.29, 0.717) is 13.2 Å². The van der Waals surface area contributed by atoms with Gasteiger partial charge in [0, 0.05) is 17.8 Å². The van der Waals surface area contributed by atoms with Crippen molar-refractivity contribution in [1.29, 1.82) is 0 Å². The Kier molecular flexibility index (Phi) is 3.43. The molecule has 4 heteroatoms. The quantitative estimate of drug-likeness (QED) is 0.838. The molecular weight excluding hydrogens is 204 g/mol. The van der Waals surface area contributed by atoms with Gasteiger partial charge in [-0.1, -0.05) is 5.16 Å². The van der Waals surface area contributed by atoms with Gasteiger partial charge in [-0.3, -0.25) is 0 Å². The molecule has 2 rings (SSSR count). The van der Waals surface area contributed by atoms with Crippen LogP contribution >= 0.6 is 0 Å². The van der Waals surface area contributed by atoms with E-state index >= 15 is 0 Å². The number of hydrogen-bond donors (Lipinski definition) is 1. The summed E-state index contributed by atoms with van der Waals surface area (Å²) in [5.41, 5.74) is 2.07. The van der Waals surface area contributed by atoms with Crippen LogP contribution in [0.1, 0.15) is 12.5 Å². The van der Waals surface area contributed by atoms with Crippen molar-refractivity contribution in [2.24, 2.45) is 0 Å². The van der Waals surface area contributed by atoms with Crippen LogP contribution in [0.25, 0.3) is 0 Å². The van der Waals surface area contributed by atoms with Crippen LogP contribution < -0.4 is 10.1 Å². The molecule has 2 aromatic rings. The molecule has 4 nitrogen and oxygen atoms in total. The van der Waals surface area contributed by atoms with Crippen LogP contribution in [0.5, 0.6) is 5.75 Å². The maximum atomic E-state index is 5.36. The van der Waals surface area contributed by atoms with Crippen molar-refractivity contribution in [3.63, 3.8) is 0 Å². The Morgan fingerprint density at radius 3 is 2.75 bits per heavy atom. The average molecular weight is 218 g/mol. The first kappa shape index (κ1) is 10.5. The average Bonchev–Trinajstić information content (AvgIpc) is 2.82. The number of nitrogens with zero attached hydrogens (tertiary/aromatic N) is 1. The largest absolute Gasteiger partial charge is 0.494 e. The first-order chi connectivity index (χ1) is 7.88. The molecule has 84 valence electrons. The minimum Gasteiger partial charge on any atom is -0.494 e. The Morgan fingerprint density at radius 2 is 2.12 bits per heavy atom. The van der Waals surface area contributed by atoms with Gasteiger partial charge in [0.1, 0.15) is 12.0 Å². The molecule has 0 aliphatic rings. The molecular formula is C12H14N2O2. The molecule has 0 aliphatic heterocycles. The van der Waals surface area contributed by atoms with Gasteiger partial charge in [-0.2, -0.15) is 0 Å². The summed E-state index contributed by atoms with van der Waals surface area (Å²) in [6, 6.07) is 7.86. The van der Waals surface area contributed by atoms with Crippen LogP contribution in [0, 0.1) is 0 Å². The monoisotopic (exact) mass is 218 g/mol. The van der Waals surface area contributed by atoms with Crippen LogP contribution in [-0.2, 0) is 6.54 Å². The molecule has 1 N–H and O–H groups in total. The van der Waals surface area contributed by atoms with Crippen molar-refractivity contribution < 1.29 is 9.26 Å². The molecule has 0 bridgehead atoms. The standard InChI is InChI=1S/C12H14N2O2/c1-2-15-12-5-3-11(4-6-12)13-7-10-8-14-16-9-10/h3-6,8-9,13H,2,7H2,1H3. The lowest BCUT2D eigenvalue weighted by Gasteiger charge is -2.06. The maximum Gasteiger partial charge on any atom is 0.128 e. The molecule has 0 atom stereocenters. The van der Waals surface area contributed by atoms with Crippen molar-refractivity contribution in [3.8, 4) is 5.75 Å². The SMILES string of the molecule is CCOc1ccc(NCc2cnoc2)cc1. The summed E-state index contributed by atoms with van der Waals surface area (Å²) in [4.78, 5) is 0. The molecule has 0 saturated heterocycles. The van der Waals surface area contributed by atoms with Gasteiger partial charge >= 0.3 is 0 Å². The highest BCUT2D eigenvalue weighted by Gasteiger charge is 1.97. The predicted octanol–water partition coefficient (Wildman–Crippen LogP) is 2.69. The third-order valence-corrected chi connectivity index (χ3v) is 2.15. The maximum absolute atomic E-state index is 5.36. The topological polar surface area (TPSA) is 47.3 Å². The van der Waals surface area contributed by atoms with E-state index in [9.17, 15) is 0 Å². The van der Waals surface area contributed by atoms with E-state index in [1.807, 2.05) is 31.2 Å². The van der Waals surface area contributed by atoms with Gasteiger partial charge < -0.3 is 14.6 Å². The molecule has 1 heterocycles. The van der Waals surface area contributed by atoms with Gasteiger partial charge in [-0.05, 0) is 31.2 Å². The molecule has 0 fully saturated rings. The second-order valence-corrected chi connectivity index (χ2v) is 3.34. The highest BCUT2D eigenvalue weighted by molar-refractivity contribution is 5.46. The summed E-state index contributed by atoms with van der Waals surface area (Å²) in [6.07, 6.45) is 3.32. The van der Waals surface area contributed by atoms with Gasteiger partial charge in [0.05, 0.1) is 12.8 Å². The number of hydrogen-bond acceptors (Lipinski definition) is 4. The molecule has 1 aromatic carbocycles. The third kappa shape index (κ3) is 2.76. The van der Waals surface area contributed by atoms with Gasteiger partial charge in [0.15, 0.2) is 0 Å². The lowest BCUT2D eigenvalue weighted by molar-refractivity contribution is 0.340. The lowest BCUT2D eigenvalue weighted by Crippen LogP contribution is -1.98. The van der Waals surface area contributed by atoms with Gasteiger partial charge in [-0.15, -0.1) is 0 Å². The van der Waals surface area contributed by atoms with Crippen LogP contribution in [0.3, 0.4) is 0 Å². The number of rotatable bonds is 5. The minimum atomic E-state index is 0.688. The van der Waals surface area contributed by atoms with Crippen molar-refractivity contribution in [1.82, 2.24) is 5.16 Å². The van der Waals surface area contributed by atoms with E-state index in [1.54, 1.807) is 12.5 Å². The van der Waals surface area contributed by atoms with E-state index < -0.39 is 0 Å². The van der Waals surface area contributed by atoms with E-state index in [-0.39, 0.29) is 0 Å². The molecule has 0 spiro atoms. The molecule has 0 amide bonds. The van der Waals surface area contributed by atoms with Crippen LogP contribution in [0.4, 0.5) is 5.69 Å². The van der Waals surface area contributed by atoms with Crippen LogP contribution in [0.2, 0.25) is 0 Å². The van der Waals surface area contributed by atoms with Gasteiger partial charge in [0.2, 0.25) is 0 Å². The Balaban J connectivity index is 1.90. The highest BCUT2D eigenvalue weighted by atomic mass is 16.5. The second kappa shape index (κ2) is 5.21. The summed E-state index contributed by atoms with van der Waals surface area (Å²) in [5.74, 6) is 0.887. The van der Waals surface area contributed by atoms with E-state index in [2.05, 4.69) is 10.5 Å². The fourth-order valence-corrected chi connectivity index (χ4v) is 1.35. The summed E-state index contributed by atoms with van der Waals surface area (Å²) in [7, 11) is 0. The van der Waals surface area contributed by atoms with E-state index in [0.717, 1.165) is 17.0 Å². The number of benzene rings is 1. The third-order valence-electron chi connectivity index (χ3n) is 2.15. The number of aromatic nitrogens is 1. The zero-order valence-corrected chi connectivity index (χ0v) is 9.14. The summed E-state index contributed by atoms with van der Waals surface area (Å²) in [5, 5.41) is 6.90. The molecule has 0 aliphatic carbocycles. The zero-order chi connectivity index (χ0) is 11.2. The van der Waals surface area contributed by atoms with Crippen LogP contribution in [0.15, 0.2) is 41.2 Å². The number of nitrogens with one attached hydrogen (secondary N) is 1. The first-order valence-electron chi connectivity index (χ1n) is 5.23. The molecule has 0 radical (unpaired) electrons. The predicted molar refractivity (Wildman–Crippen MR) is 61.4 cm³/mol. The molecule has 0 unspecified atom stereocenters. The van der Waals surface area contributed by atoms with Crippen LogP contribution in [-0.4, -0.2) is 11.8 Å². The summed E-state index contributed by atoms with van der Waals surface area (Å²) >= 11 is 0. The van der Waals surface area contributed by atoms with Gasteiger partial charge in [0.25, 0.3) is 0 Å². The summed E-state index contributed by atoms with van der Waals surface area (Å²) < 4.78 is 10.1. The normalized spacial score (nSPS) is 10.1. The molecule has 0 saturated carbocycles. The number of anilines is 1. The van der Waals surface area contributed by atoms with Crippen molar-refractivity contribution in [2.45, 2.75) is 13.5 Å². The summed E-state index contributed by atoms with van der Waals surface area (Å²) in [6.45, 7) is 3.36. The molecule has 1 aromatic heterocycles. The minimum absolute atomic E-state index is 0.688. The first-order valence-corrected chi connectivity index (χ1v) is 5.23. The smallest absolute Gasteiger partial charge is 0.128 e. The van der Waals surface area contributed by atoms with Gasteiger partial charge in [-0.25, -0.2) is 0 Å². The Morgan fingerprint density at radius 1 is 1.31 bits per heavy atom. The fraction of sp³-hybridized carbons (Fsp3) is 0.250. The Hall–Kier alpha value is -1.97. The Bertz CT molecular complexity index is 409. The van der Waals surface area contributed by atoms with Crippen molar-refractivity contribution in [2.75, 3.05) is 11.9 Å². The number of ether oxygens (including phenoxy) is 1. The highest BCUT2D eigenvalue weighted by Crippen LogP contribution is 2.16. The Labute approximate surface area is 94.2 Å². The molecule has 16 heavy (non-hydrogen) atoms. The second-order valence-electron chi connectivity index (χ2n) is 3.34. The van der Waals surface area contributed by atoms with Crippen molar-refractivity contribution >= 4 is 5.69 Å². The fourth-order valence-electron chi connectivity index (χ4n) is 1.35. The van der Waals surface area contributed by atoms with E-state index in [1.165, 1.54) is 0 Å². The van der Waals surface area contributed by atoms with E-state index in [4.69, 9.17) is 9.26 Å². The lowest BCUT2D eigenvalue weighted by atomic mass is 10.3.